The van der Waals surface area contributed by atoms with Crippen molar-refractivity contribution in [2.24, 2.45) is 0 Å². The lowest BCUT2D eigenvalue weighted by Gasteiger charge is -2.08. The quantitative estimate of drug-likeness (QED) is 0.802. The van der Waals surface area contributed by atoms with Gasteiger partial charge in [-0.2, -0.15) is 0 Å². The molecule has 1 atom stereocenters. The Balaban J connectivity index is 0.00000196. The van der Waals surface area contributed by atoms with Crippen LogP contribution in [-0.2, 0) is 4.79 Å². The molecule has 1 aromatic rings. The first-order valence-electron chi connectivity index (χ1n) is 4.05. The van der Waals surface area contributed by atoms with Crippen LogP contribution in [0.1, 0.15) is 17.3 Å². The molecule has 0 saturated carbocycles. The summed E-state index contributed by atoms with van der Waals surface area (Å²) in [5, 5.41) is 10.9. The van der Waals surface area contributed by atoms with Crippen LogP contribution in [0.3, 0.4) is 0 Å². The van der Waals surface area contributed by atoms with Crippen LogP contribution in [0.5, 0.6) is 0 Å². The van der Waals surface area contributed by atoms with Crippen molar-refractivity contribution in [1.29, 1.82) is 0 Å². The first-order chi connectivity index (χ1) is 6.61. The number of nitrogens with zero attached hydrogens (tertiary/aromatic N) is 1. The number of amides is 1. The van der Waals surface area contributed by atoms with Crippen molar-refractivity contribution in [3.05, 3.63) is 30.1 Å². The van der Waals surface area contributed by atoms with E-state index in [-0.39, 0.29) is 12.4 Å². The molecule has 0 radical (unpaired) electrons. The van der Waals surface area contributed by atoms with E-state index in [1.165, 1.54) is 19.3 Å². The molecule has 0 aromatic carbocycles. The summed E-state index contributed by atoms with van der Waals surface area (Å²) in [5.41, 5.74) is 0.348. The minimum atomic E-state index is -1.07. The molecular formula is C9H11ClN2O3. The van der Waals surface area contributed by atoms with E-state index in [0.29, 0.717) is 5.56 Å². The Morgan fingerprint density at radius 2 is 2.20 bits per heavy atom. The van der Waals surface area contributed by atoms with E-state index in [2.05, 4.69) is 10.3 Å². The standard InChI is InChI=1S/C9H10N2O3.ClH/c1-6(9(13)14)11-8(12)7-3-2-4-10-5-7;/h2-6H,1H3,(H,11,12)(H,13,14);1H. The number of pyridine rings is 1. The number of hydrogen-bond donors (Lipinski definition) is 2. The van der Waals surface area contributed by atoms with Crippen LogP contribution >= 0.6 is 12.4 Å². The lowest BCUT2D eigenvalue weighted by atomic mass is 10.2. The number of carboxylic acid groups (broad SMARTS) is 1. The third-order valence-electron chi connectivity index (χ3n) is 1.64. The number of aromatic nitrogens is 1. The number of nitrogens with one attached hydrogen (secondary N) is 1. The van der Waals surface area contributed by atoms with Crippen molar-refractivity contribution < 1.29 is 14.7 Å². The molecule has 0 aliphatic rings. The van der Waals surface area contributed by atoms with Crippen molar-refractivity contribution in [3.63, 3.8) is 0 Å². The van der Waals surface area contributed by atoms with Crippen molar-refractivity contribution >= 4 is 24.3 Å². The summed E-state index contributed by atoms with van der Waals surface area (Å²) in [5.74, 6) is -1.50. The van der Waals surface area contributed by atoms with Crippen molar-refractivity contribution in [1.82, 2.24) is 10.3 Å². The summed E-state index contributed by atoms with van der Waals surface area (Å²) in [6, 6.07) is 2.28. The van der Waals surface area contributed by atoms with Crippen LogP contribution in [0, 0.1) is 0 Å². The summed E-state index contributed by atoms with van der Waals surface area (Å²) in [6.45, 7) is 1.40. The average molecular weight is 231 g/mol. The fraction of sp³-hybridized carbons (Fsp3) is 0.222. The van der Waals surface area contributed by atoms with Crippen LogP contribution in [0.4, 0.5) is 0 Å². The number of hydrogen-bond acceptors (Lipinski definition) is 3. The highest BCUT2D eigenvalue weighted by molar-refractivity contribution is 5.96. The van der Waals surface area contributed by atoms with E-state index in [4.69, 9.17) is 5.11 Å². The van der Waals surface area contributed by atoms with E-state index >= 15 is 0 Å². The second-order valence-electron chi connectivity index (χ2n) is 2.78. The molecule has 0 aliphatic carbocycles. The first kappa shape index (κ1) is 13.4. The fourth-order valence-electron chi connectivity index (χ4n) is 0.839. The molecular weight excluding hydrogens is 220 g/mol. The van der Waals surface area contributed by atoms with Gasteiger partial charge >= 0.3 is 5.97 Å². The maximum absolute atomic E-state index is 11.3. The molecule has 1 aromatic heterocycles. The number of carbonyl (C=O) groups excluding carboxylic acids is 1. The third-order valence-corrected chi connectivity index (χ3v) is 1.64. The number of carboxylic acids is 1. The Labute approximate surface area is 92.9 Å². The van der Waals surface area contributed by atoms with Crippen LogP contribution in [0.25, 0.3) is 0 Å². The van der Waals surface area contributed by atoms with Gasteiger partial charge < -0.3 is 10.4 Å². The molecule has 1 unspecified atom stereocenters. The fourth-order valence-corrected chi connectivity index (χ4v) is 0.839. The summed E-state index contributed by atoms with van der Waals surface area (Å²) < 4.78 is 0. The number of carbonyl (C=O) groups is 2. The van der Waals surface area contributed by atoms with Gasteiger partial charge in [0.15, 0.2) is 0 Å². The van der Waals surface area contributed by atoms with Gasteiger partial charge in [-0.15, -0.1) is 12.4 Å². The molecule has 0 saturated heterocycles. The van der Waals surface area contributed by atoms with E-state index in [9.17, 15) is 9.59 Å². The van der Waals surface area contributed by atoms with Crippen molar-refractivity contribution in [3.8, 4) is 0 Å². The van der Waals surface area contributed by atoms with Crippen LogP contribution in [0.2, 0.25) is 0 Å². The maximum atomic E-state index is 11.3. The van der Waals surface area contributed by atoms with E-state index in [0.717, 1.165) is 0 Å². The van der Waals surface area contributed by atoms with Crippen LogP contribution in [0.15, 0.2) is 24.5 Å². The number of aliphatic carboxylic acids is 1. The Bertz CT molecular complexity index is 342. The highest BCUT2D eigenvalue weighted by Crippen LogP contribution is 1.96. The zero-order chi connectivity index (χ0) is 10.6. The number of rotatable bonds is 3. The van der Waals surface area contributed by atoms with Crippen molar-refractivity contribution in [2.45, 2.75) is 13.0 Å². The predicted molar refractivity (Wildman–Crippen MR) is 56.0 cm³/mol. The average Bonchev–Trinajstić information content (AvgIpc) is 2.19. The molecule has 15 heavy (non-hydrogen) atoms. The molecule has 1 heterocycles. The summed E-state index contributed by atoms with van der Waals surface area (Å²) in [6.07, 6.45) is 2.92. The summed E-state index contributed by atoms with van der Waals surface area (Å²) >= 11 is 0. The largest absolute Gasteiger partial charge is 0.480 e. The van der Waals surface area contributed by atoms with Gasteiger partial charge in [0.05, 0.1) is 5.56 Å². The SMILES string of the molecule is CC(NC(=O)c1cccnc1)C(=O)O.Cl. The van der Waals surface area contributed by atoms with Crippen LogP contribution < -0.4 is 5.32 Å². The van der Waals surface area contributed by atoms with Gasteiger partial charge in [-0.1, -0.05) is 0 Å². The highest BCUT2D eigenvalue weighted by Gasteiger charge is 2.14. The van der Waals surface area contributed by atoms with Gasteiger partial charge in [0.25, 0.3) is 5.91 Å². The van der Waals surface area contributed by atoms with E-state index in [1.807, 2.05) is 0 Å². The smallest absolute Gasteiger partial charge is 0.325 e. The van der Waals surface area contributed by atoms with Gasteiger partial charge in [0.1, 0.15) is 6.04 Å². The van der Waals surface area contributed by atoms with E-state index < -0.39 is 17.9 Å². The summed E-state index contributed by atoms with van der Waals surface area (Å²) in [7, 11) is 0. The lowest BCUT2D eigenvalue weighted by molar-refractivity contribution is -0.138. The molecule has 5 nitrogen and oxygen atoms in total. The molecule has 0 aliphatic heterocycles. The molecule has 1 rings (SSSR count). The molecule has 1 amide bonds. The van der Waals surface area contributed by atoms with Gasteiger partial charge in [0.2, 0.25) is 0 Å². The Kier molecular flexibility index (Phi) is 5.33. The lowest BCUT2D eigenvalue weighted by Crippen LogP contribution is -2.38. The topological polar surface area (TPSA) is 79.3 Å². The number of halogens is 1. The Hall–Kier alpha value is -1.62. The molecule has 6 heteroatoms. The molecule has 0 fully saturated rings. The van der Waals surface area contributed by atoms with E-state index in [1.54, 1.807) is 12.1 Å². The minimum Gasteiger partial charge on any atom is -0.480 e. The second-order valence-corrected chi connectivity index (χ2v) is 2.78. The third kappa shape index (κ3) is 3.95. The van der Waals surface area contributed by atoms with Crippen LogP contribution in [-0.4, -0.2) is 28.0 Å². The second kappa shape index (κ2) is 5.98. The Morgan fingerprint density at radius 1 is 1.53 bits per heavy atom. The maximum Gasteiger partial charge on any atom is 0.325 e. The monoisotopic (exact) mass is 230 g/mol. The normalized spacial score (nSPS) is 11.0. The zero-order valence-corrected chi connectivity index (χ0v) is 8.82. The molecule has 82 valence electrons. The molecule has 0 bridgehead atoms. The van der Waals surface area contributed by atoms with Gasteiger partial charge in [-0.25, -0.2) is 0 Å². The first-order valence-corrected chi connectivity index (χ1v) is 4.05. The highest BCUT2D eigenvalue weighted by atomic mass is 35.5. The Morgan fingerprint density at radius 3 is 2.67 bits per heavy atom. The van der Waals surface area contributed by atoms with Gasteiger partial charge in [-0.05, 0) is 19.1 Å². The molecule has 2 N–H and O–H groups in total. The predicted octanol–water partition coefficient (Wildman–Crippen LogP) is 0.706. The molecule has 0 spiro atoms. The van der Waals surface area contributed by atoms with Gasteiger partial charge in [-0.3, -0.25) is 14.6 Å². The summed E-state index contributed by atoms with van der Waals surface area (Å²) in [4.78, 5) is 25.5. The minimum absolute atomic E-state index is 0. The van der Waals surface area contributed by atoms with Crippen molar-refractivity contribution in [2.75, 3.05) is 0 Å². The van der Waals surface area contributed by atoms with Gasteiger partial charge in [0, 0.05) is 12.4 Å². The zero-order valence-electron chi connectivity index (χ0n) is 8.01.